The molecule has 0 radical (unpaired) electrons. The van der Waals surface area contributed by atoms with E-state index in [1.54, 1.807) is 19.2 Å². The van der Waals surface area contributed by atoms with E-state index in [-0.39, 0.29) is 5.91 Å². The molecule has 0 aliphatic carbocycles. The summed E-state index contributed by atoms with van der Waals surface area (Å²) in [6.07, 6.45) is 0. The van der Waals surface area contributed by atoms with Crippen LogP contribution in [0.4, 0.5) is 11.6 Å². The van der Waals surface area contributed by atoms with Gasteiger partial charge in [0, 0.05) is 38.3 Å². The zero-order chi connectivity index (χ0) is 17.6. The third kappa shape index (κ3) is 3.99. The standard InChI is InChI=1S/C18H23N5O2/c1-3-19-16-8-9-17(21-20-16)22-10-12-23(13-11-22)18(24)14-4-6-15(25-2)7-5-14/h4-9H,3,10-13H2,1-2H3,(H,19,20). The molecule has 2 heterocycles. The molecule has 7 nitrogen and oxygen atoms in total. The number of aromatic nitrogens is 2. The van der Waals surface area contributed by atoms with Crippen molar-refractivity contribution in [1.29, 1.82) is 0 Å². The normalized spacial score (nSPS) is 14.3. The summed E-state index contributed by atoms with van der Waals surface area (Å²) in [4.78, 5) is 16.6. The predicted molar refractivity (Wildman–Crippen MR) is 97.3 cm³/mol. The molecule has 0 spiro atoms. The number of carbonyl (C=O) groups excluding carboxylic acids is 1. The van der Waals surface area contributed by atoms with E-state index in [0.717, 1.165) is 37.0 Å². The Labute approximate surface area is 147 Å². The summed E-state index contributed by atoms with van der Waals surface area (Å²) in [6, 6.07) is 11.1. The van der Waals surface area contributed by atoms with Gasteiger partial charge in [0.1, 0.15) is 11.6 Å². The van der Waals surface area contributed by atoms with Crippen molar-refractivity contribution in [3.63, 3.8) is 0 Å². The number of nitrogens with one attached hydrogen (secondary N) is 1. The summed E-state index contributed by atoms with van der Waals surface area (Å²) in [5, 5.41) is 11.6. The summed E-state index contributed by atoms with van der Waals surface area (Å²) in [5.74, 6) is 2.43. The van der Waals surface area contributed by atoms with Gasteiger partial charge in [-0.25, -0.2) is 0 Å². The molecule has 1 saturated heterocycles. The number of anilines is 2. The molecule has 1 aliphatic rings. The molecular weight excluding hydrogens is 318 g/mol. The van der Waals surface area contributed by atoms with Gasteiger partial charge < -0.3 is 19.9 Å². The molecule has 0 bridgehead atoms. The monoisotopic (exact) mass is 341 g/mol. The van der Waals surface area contributed by atoms with Gasteiger partial charge in [0.05, 0.1) is 7.11 Å². The van der Waals surface area contributed by atoms with Crippen molar-refractivity contribution in [3.8, 4) is 5.75 Å². The van der Waals surface area contributed by atoms with Crippen molar-refractivity contribution in [2.24, 2.45) is 0 Å². The molecule has 3 rings (SSSR count). The molecule has 1 fully saturated rings. The van der Waals surface area contributed by atoms with E-state index >= 15 is 0 Å². The summed E-state index contributed by atoms with van der Waals surface area (Å²) >= 11 is 0. The maximum absolute atomic E-state index is 12.6. The number of piperazine rings is 1. The predicted octanol–water partition coefficient (Wildman–Crippen LogP) is 1.88. The number of benzene rings is 1. The first-order valence-electron chi connectivity index (χ1n) is 8.47. The van der Waals surface area contributed by atoms with Crippen LogP contribution in [0.15, 0.2) is 36.4 Å². The molecule has 25 heavy (non-hydrogen) atoms. The molecule has 1 N–H and O–H groups in total. The van der Waals surface area contributed by atoms with Crippen LogP contribution in [0.1, 0.15) is 17.3 Å². The van der Waals surface area contributed by atoms with Crippen LogP contribution < -0.4 is 15.0 Å². The van der Waals surface area contributed by atoms with Crippen LogP contribution in [0.5, 0.6) is 5.75 Å². The van der Waals surface area contributed by atoms with Gasteiger partial charge in [0.2, 0.25) is 0 Å². The zero-order valence-corrected chi connectivity index (χ0v) is 14.6. The minimum atomic E-state index is 0.0517. The Bertz CT molecular complexity index is 694. The second kappa shape index (κ2) is 7.83. The summed E-state index contributed by atoms with van der Waals surface area (Å²) in [7, 11) is 1.61. The summed E-state index contributed by atoms with van der Waals surface area (Å²) < 4.78 is 5.13. The minimum absolute atomic E-state index is 0.0517. The van der Waals surface area contributed by atoms with Crippen molar-refractivity contribution < 1.29 is 9.53 Å². The number of rotatable bonds is 5. The third-order valence-corrected chi connectivity index (χ3v) is 4.24. The average Bonchev–Trinajstić information content (AvgIpc) is 2.68. The van der Waals surface area contributed by atoms with Crippen LogP contribution in [-0.2, 0) is 0 Å². The first kappa shape index (κ1) is 17.0. The highest BCUT2D eigenvalue weighted by Gasteiger charge is 2.23. The molecule has 1 aromatic heterocycles. The lowest BCUT2D eigenvalue weighted by molar-refractivity contribution is 0.0746. The van der Waals surface area contributed by atoms with Gasteiger partial charge in [0.15, 0.2) is 5.82 Å². The SMILES string of the molecule is CCNc1ccc(N2CCN(C(=O)c3ccc(OC)cc3)CC2)nn1. The number of hydrogen-bond donors (Lipinski definition) is 1. The lowest BCUT2D eigenvalue weighted by atomic mass is 10.1. The molecule has 1 aliphatic heterocycles. The Kier molecular flexibility index (Phi) is 5.33. The molecule has 0 atom stereocenters. The fourth-order valence-corrected chi connectivity index (χ4v) is 2.82. The van der Waals surface area contributed by atoms with Crippen molar-refractivity contribution in [3.05, 3.63) is 42.0 Å². The van der Waals surface area contributed by atoms with E-state index < -0.39 is 0 Å². The highest BCUT2D eigenvalue weighted by molar-refractivity contribution is 5.94. The Morgan fingerprint density at radius 1 is 1.08 bits per heavy atom. The third-order valence-electron chi connectivity index (χ3n) is 4.24. The van der Waals surface area contributed by atoms with Crippen molar-refractivity contribution in [2.45, 2.75) is 6.92 Å². The highest BCUT2D eigenvalue weighted by Crippen LogP contribution is 2.17. The van der Waals surface area contributed by atoms with Crippen LogP contribution >= 0.6 is 0 Å². The first-order chi connectivity index (χ1) is 12.2. The van der Waals surface area contributed by atoms with Crippen molar-refractivity contribution in [1.82, 2.24) is 15.1 Å². The number of nitrogens with zero attached hydrogens (tertiary/aromatic N) is 4. The largest absolute Gasteiger partial charge is 0.497 e. The summed E-state index contributed by atoms with van der Waals surface area (Å²) in [5.41, 5.74) is 0.684. The van der Waals surface area contributed by atoms with E-state index in [1.807, 2.05) is 36.1 Å². The van der Waals surface area contributed by atoms with Crippen molar-refractivity contribution >= 4 is 17.5 Å². The van der Waals surface area contributed by atoms with Gasteiger partial charge in [-0.2, -0.15) is 0 Å². The fourth-order valence-electron chi connectivity index (χ4n) is 2.82. The Morgan fingerprint density at radius 2 is 1.80 bits per heavy atom. The van der Waals surface area contributed by atoms with E-state index in [2.05, 4.69) is 20.4 Å². The maximum atomic E-state index is 12.6. The molecule has 0 saturated carbocycles. The average molecular weight is 341 g/mol. The van der Waals surface area contributed by atoms with Gasteiger partial charge in [-0.05, 0) is 43.3 Å². The lowest BCUT2D eigenvalue weighted by Crippen LogP contribution is -2.49. The second-order valence-electron chi connectivity index (χ2n) is 5.81. The Morgan fingerprint density at radius 3 is 2.36 bits per heavy atom. The molecule has 132 valence electrons. The molecule has 7 heteroatoms. The number of methoxy groups -OCH3 is 1. The molecular formula is C18H23N5O2. The zero-order valence-electron chi connectivity index (χ0n) is 14.6. The highest BCUT2D eigenvalue weighted by atomic mass is 16.5. The Hall–Kier alpha value is -2.83. The van der Waals surface area contributed by atoms with E-state index in [9.17, 15) is 4.79 Å². The van der Waals surface area contributed by atoms with Crippen molar-refractivity contribution in [2.75, 3.05) is 50.1 Å². The van der Waals surface area contributed by atoms with Crippen LogP contribution in [0, 0.1) is 0 Å². The quantitative estimate of drug-likeness (QED) is 0.895. The first-order valence-corrected chi connectivity index (χ1v) is 8.47. The fraction of sp³-hybridized carbons (Fsp3) is 0.389. The topological polar surface area (TPSA) is 70.6 Å². The van der Waals surface area contributed by atoms with E-state index in [1.165, 1.54) is 0 Å². The van der Waals surface area contributed by atoms with Crippen LogP contribution in [0.3, 0.4) is 0 Å². The Balaban J connectivity index is 1.58. The maximum Gasteiger partial charge on any atom is 0.253 e. The van der Waals surface area contributed by atoms with Gasteiger partial charge in [-0.1, -0.05) is 0 Å². The lowest BCUT2D eigenvalue weighted by Gasteiger charge is -2.35. The van der Waals surface area contributed by atoms with Gasteiger partial charge in [0.25, 0.3) is 5.91 Å². The van der Waals surface area contributed by atoms with Gasteiger partial charge in [-0.15, -0.1) is 10.2 Å². The number of ether oxygens (including phenoxy) is 1. The molecule has 2 aromatic rings. The minimum Gasteiger partial charge on any atom is -0.497 e. The smallest absolute Gasteiger partial charge is 0.253 e. The van der Waals surface area contributed by atoms with Crippen LogP contribution in [-0.4, -0.2) is 60.8 Å². The molecule has 1 aromatic carbocycles. The van der Waals surface area contributed by atoms with Gasteiger partial charge in [-0.3, -0.25) is 4.79 Å². The number of carbonyl (C=O) groups is 1. The number of amides is 1. The van der Waals surface area contributed by atoms with Crippen LogP contribution in [0.2, 0.25) is 0 Å². The van der Waals surface area contributed by atoms with Crippen LogP contribution in [0.25, 0.3) is 0 Å². The molecule has 0 unspecified atom stereocenters. The summed E-state index contributed by atoms with van der Waals surface area (Å²) in [6.45, 7) is 5.67. The second-order valence-corrected chi connectivity index (χ2v) is 5.81. The van der Waals surface area contributed by atoms with Gasteiger partial charge >= 0.3 is 0 Å². The van der Waals surface area contributed by atoms with E-state index in [0.29, 0.717) is 18.7 Å². The number of hydrogen-bond acceptors (Lipinski definition) is 6. The van der Waals surface area contributed by atoms with E-state index in [4.69, 9.17) is 4.74 Å². The molecule has 1 amide bonds.